The molecule has 4 nitrogen and oxygen atoms in total. The zero-order chi connectivity index (χ0) is 10.1. The van der Waals surface area contributed by atoms with Crippen molar-refractivity contribution in [2.24, 2.45) is 0 Å². The van der Waals surface area contributed by atoms with E-state index in [2.05, 4.69) is 9.97 Å². The molecule has 0 unspecified atom stereocenters. The van der Waals surface area contributed by atoms with Gasteiger partial charge in [-0.25, -0.2) is 4.98 Å². The Morgan fingerprint density at radius 1 is 1.64 bits per heavy atom. The molecule has 0 saturated carbocycles. The lowest BCUT2D eigenvalue weighted by molar-refractivity contribution is 0.634. The molecule has 2 rings (SSSR count). The first kappa shape index (κ1) is 9.33. The van der Waals surface area contributed by atoms with Crippen molar-refractivity contribution in [3.05, 3.63) is 22.6 Å². The predicted molar refractivity (Wildman–Crippen MR) is 57.8 cm³/mol. The summed E-state index contributed by atoms with van der Waals surface area (Å²) >= 11 is 1.48. The van der Waals surface area contributed by atoms with Crippen LogP contribution in [0.5, 0.6) is 0 Å². The fourth-order valence-electron chi connectivity index (χ4n) is 1.45. The van der Waals surface area contributed by atoms with E-state index in [9.17, 15) is 4.79 Å². The zero-order valence-corrected chi connectivity index (χ0v) is 8.89. The topological polar surface area (TPSA) is 50.7 Å². The van der Waals surface area contributed by atoms with E-state index >= 15 is 0 Å². The van der Waals surface area contributed by atoms with Crippen LogP contribution < -0.4 is 5.56 Å². The highest BCUT2D eigenvalue weighted by Gasteiger charge is 2.08. The summed E-state index contributed by atoms with van der Waals surface area (Å²) in [6, 6.07) is 1.76. The highest BCUT2D eigenvalue weighted by Crippen LogP contribution is 2.13. The number of nitrogens with one attached hydrogen (secondary N) is 1. The predicted octanol–water partition coefficient (Wildman–Crippen LogP) is 1.47. The molecular weight excluding hydrogens is 198 g/mol. The van der Waals surface area contributed by atoms with Crippen molar-refractivity contribution < 1.29 is 0 Å². The van der Waals surface area contributed by atoms with Gasteiger partial charge in [-0.15, -0.1) is 0 Å². The molecular formula is C9H11N3OS. The molecule has 0 spiro atoms. The minimum Gasteiger partial charge on any atom is -0.346 e. The van der Waals surface area contributed by atoms with Crippen LogP contribution >= 0.6 is 11.8 Å². The van der Waals surface area contributed by atoms with Crippen LogP contribution in [0.25, 0.3) is 11.0 Å². The third-order valence-electron chi connectivity index (χ3n) is 2.14. The molecule has 0 bridgehead atoms. The maximum absolute atomic E-state index is 11.9. The first-order chi connectivity index (χ1) is 6.77. The van der Waals surface area contributed by atoms with Gasteiger partial charge < -0.3 is 4.98 Å². The minimum atomic E-state index is 0.0306. The van der Waals surface area contributed by atoms with E-state index in [0.717, 1.165) is 5.16 Å². The van der Waals surface area contributed by atoms with Crippen molar-refractivity contribution in [2.75, 3.05) is 6.26 Å². The summed E-state index contributed by atoms with van der Waals surface area (Å²) in [5.41, 5.74) is 0.701. The van der Waals surface area contributed by atoms with E-state index in [1.807, 2.05) is 13.2 Å². The second-order valence-corrected chi connectivity index (χ2v) is 3.66. The fraction of sp³-hybridized carbons (Fsp3) is 0.333. The van der Waals surface area contributed by atoms with E-state index in [1.54, 1.807) is 16.8 Å². The van der Waals surface area contributed by atoms with Gasteiger partial charge in [0, 0.05) is 12.7 Å². The molecule has 0 fully saturated rings. The molecule has 0 aliphatic rings. The van der Waals surface area contributed by atoms with Gasteiger partial charge in [-0.2, -0.15) is 0 Å². The number of fused-ring (bicyclic) bond motifs is 1. The number of hydrogen-bond acceptors (Lipinski definition) is 3. The van der Waals surface area contributed by atoms with E-state index < -0.39 is 0 Å². The van der Waals surface area contributed by atoms with E-state index in [0.29, 0.717) is 17.6 Å². The molecule has 0 amide bonds. The quantitative estimate of drug-likeness (QED) is 0.602. The Balaban J connectivity index is 2.86. The Labute approximate surface area is 85.4 Å². The van der Waals surface area contributed by atoms with Gasteiger partial charge in [0.1, 0.15) is 5.65 Å². The Hall–Kier alpha value is -1.23. The highest BCUT2D eigenvalue weighted by molar-refractivity contribution is 7.98. The van der Waals surface area contributed by atoms with Crippen molar-refractivity contribution in [3.63, 3.8) is 0 Å². The summed E-state index contributed by atoms with van der Waals surface area (Å²) < 4.78 is 1.68. The number of aromatic nitrogens is 3. The Bertz CT molecular complexity index is 514. The molecule has 0 atom stereocenters. The van der Waals surface area contributed by atoms with Gasteiger partial charge in [0.2, 0.25) is 0 Å². The van der Waals surface area contributed by atoms with E-state index in [4.69, 9.17) is 0 Å². The van der Waals surface area contributed by atoms with Gasteiger partial charge in [-0.3, -0.25) is 9.36 Å². The summed E-state index contributed by atoms with van der Waals surface area (Å²) in [4.78, 5) is 19.2. The Morgan fingerprint density at radius 2 is 2.43 bits per heavy atom. The van der Waals surface area contributed by atoms with Gasteiger partial charge in [-0.1, -0.05) is 11.8 Å². The lowest BCUT2D eigenvalue weighted by Gasteiger charge is -2.06. The second-order valence-electron chi connectivity index (χ2n) is 2.89. The summed E-state index contributed by atoms with van der Waals surface area (Å²) in [5, 5.41) is 1.41. The maximum Gasteiger partial charge on any atom is 0.263 e. The molecule has 5 heteroatoms. The summed E-state index contributed by atoms with van der Waals surface area (Å²) in [5.74, 6) is 0. The van der Waals surface area contributed by atoms with Crippen LogP contribution in [0.2, 0.25) is 0 Å². The summed E-state index contributed by atoms with van der Waals surface area (Å²) in [6.07, 6.45) is 3.66. The van der Waals surface area contributed by atoms with Crippen molar-refractivity contribution >= 4 is 22.8 Å². The maximum atomic E-state index is 11.9. The molecule has 2 aromatic rings. The summed E-state index contributed by atoms with van der Waals surface area (Å²) in [6.45, 7) is 2.60. The van der Waals surface area contributed by atoms with Crippen molar-refractivity contribution in [1.29, 1.82) is 0 Å². The fourth-order valence-corrected chi connectivity index (χ4v) is 2.06. The van der Waals surface area contributed by atoms with Crippen LogP contribution in [-0.4, -0.2) is 20.8 Å². The average molecular weight is 209 g/mol. The SMILES string of the molecule is CCn1c(SC)nc2[nH]ccc2c1=O. The number of aromatic amines is 1. The average Bonchev–Trinajstić information content (AvgIpc) is 2.65. The second kappa shape index (κ2) is 3.49. The van der Waals surface area contributed by atoms with Crippen LogP contribution in [0.15, 0.2) is 22.2 Å². The lowest BCUT2D eigenvalue weighted by atomic mass is 10.4. The van der Waals surface area contributed by atoms with E-state index in [-0.39, 0.29) is 5.56 Å². The van der Waals surface area contributed by atoms with Crippen molar-refractivity contribution in [1.82, 2.24) is 14.5 Å². The molecule has 14 heavy (non-hydrogen) atoms. The molecule has 0 radical (unpaired) electrons. The molecule has 2 heterocycles. The lowest BCUT2D eigenvalue weighted by Crippen LogP contribution is -2.21. The van der Waals surface area contributed by atoms with Crippen LogP contribution in [0.3, 0.4) is 0 Å². The number of H-pyrrole nitrogens is 1. The van der Waals surface area contributed by atoms with Crippen molar-refractivity contribution in [2.45, 2.75) is 18.6 Å². The molecule has 74 valence electrons. The van der Waals surface area contributed by atoms with Crippen molar-refractivity contribution in [3.8, 4) is 0 Å². The van der Waals surface area contributed by atoms with Gasteiger partial charge in [0.25, 0.3) is 5.56 Å². The van der Waals surface area contributed by atoms with Crippen LogP contribution in [0, 0.1) is 0 Å². The van der Waals surface area contributed by atoms with Crippen LogP contribution in [0.4, 0.5) is 0 Å². The number of hydrogen-bond donors (Lipinski definition) is 1. The van der Waals surface area contributed by atoms with Crippen LogP contribution in [-0.2, 0) is 6.54 Å². The minimum absolute atomic E-state index is 0.0306. The molecule has 0 saturated heterocycles. The van der Waals surface area contributed by atoms with Gasteiger partial charge >= 0.3 is 0 Å². The summed E-state index contributed by atoms with van der Waals surface area (Å²) in [7, 11) is 0. The Morgan fingerprint density at radius 3 is 3.07 bits per heavy atom. The van der Waals surface area contributed by atoms with Gasteiger partial charge in [0.15, 0.2) is 5.16 Å². The molecule has 0 aromatic carbocycles. The third kappa shape index (κ3) is 1.24. The first-order valence-electron chi connectivity index (χ1n) is 4.39. The monoisotopic (exact) mass is 209 g/mol. The normalized spacial score (nSPS) is 11.0. The van der Waals surface area contributed by atoms with E-state index in [1.165, 1.54) is 11.8 Å². The highest BCUT2D eigenvalue weighted by atomic mass is 32.2. The molecule has 1 N–H and O–H groups in total. The number of nitrogens with zero attached hydrogens (tertiary/aromatic N) is 2. The molecule has 2 aromatic heterocycles. The van der Waals surface area contributed by atoms with Crippen LogP contribution in [0.1, 0.15) is 6.92 Å². The standard InChI is InChI=1S/C9H11N3OS/c1-3-12-8(13)6-4-5-10-7(6)11-9(12)14-2/h4-5,10H,3H2,1-2H3. The third-order valence-corrected chi connectivity index (χ3v) is 2.81. The zero-order valence-electron chi connectivity index (χ0n) is 8.07. The first-order valence-corrected chi connectivity index (χ1v) is 5.62. The largest absolute Gasteiger partial charge is 0.346 e. The number of thioether (sulfide) groups is 1. The molecule has 0 aliphatic heterocycles. The van der Waals surface area contributed by atoms with Gasteiger partial charge in [-0.05, 0) is 19.2 Å². The number of rotatable bonds is 2. The molecule has 0 aliphatic carbocycles. The van der Waals surface area contributed by atoms with Gasteiger partial charge in [0.05, 0.1) is 5.39 Å². The Kier molecular flexibility index (Phi) is 2.33. The smallest absolute Gasteiger partial charge is 0.263 e.